The summed E-state index contributed by atoms with van der Waals surface area (Å²) in [6.07, 6.45) is -0.721. The molecule has 0 saturated carbocycles. The van der Waals surface area contributed by atoms with Gasteiger partial charge in [-0.2, -0.15) is 0 Å². The lowest BCUT2D eigenvalue weighted by molar-refractivity contribution is -0.145. The predicted molar refractivity (Wildman–Crippen MR) is 104 cm³/mol. The molecule has 0 aliphatic carbocycles. The molecule has 158 valence electrons. The van der Waals surface area contributed by atoms with Crippen molar-refractivity contribution in [1.29, 1.82) is 0 Å². The normalized spacial score (nSPS) is 21.4. The molecule has 0 aromatic heterocycles. The zero-order chi connectivity index (χ0) is 21.2. The average molecular weight is 404 g/mol. The van der Waals surface area contributed by atoms with Crippen molar-refractivity contribution in [3.8, 4) is 0 Å². The fraction of sp³-hybridized carbons (Fsp3) is 0.571. The van der Waals surface area contributed by atoms with Crippen molar-refractivity contribution >= 4 is 18.2 Å². The van der Waals surface area contributed by atoms with Crippen LogP contribution in [0.15, 0.2) is 24.3 Å². The third-order valence-electron chi connectivity index (χ3n) is 5.02. The SMILES string of the molecule is COC(=O)[C@@H]1C[C@@H](OC(=O)N2CCc3ccccc3C2)CN1C(=O)OC(C)(C)C. The number of methoxy groups -OCH3 is 1. The van der Waals surface area contributed by atoms with E-state index < -0.39 is 35.9 Å². The van der Waals surface area contributed by atoms with Crippen LogP contribution in [0.2, 0.25) is 0 Å². The Morgan fingerprint density at radius 1 is 1.07 bits per heavy atom. The first-order valence-corrected chi connectivity index (χ1v) is 9.77. The molecule has 1 aromatic carbocycles. The number of nitrogens with zero attached hydrogens (tertiary/aromatic N) is 2. The Bertz CT molecular complexity index is 788. The second kappa shape index (κ2) is 8.31. The number of rotatable bonds is 2. The fourth-order valence-corrected chi connectivity index (χ4v) is 3.63. The number of amides is 2. The second-order valence-corrected chi connectivity index (χ2v) is 8.35. The van der Waals surface area contributed by atoms with Gasteiger partial charge in [0.15, 0.2) is 0 Å². The molecule has 0 bridgehead atoms. The third-order valence-corrected chi connectivity index (χ3v) is 5.02. The molecule has 8 nitrogen and oxygen atoms in total. The van der Waals surface area contributed by atoms with Crippen molar-refractivity contribution in [2.45, 2.75) is 57.9 Å². The van der Waals surface area contributed by atoms with Gasteiger partial charge in [-0.1, -0.05) is 24.3 Å². The highest BCUT2D eigenvalue weighted by Crippen LogP contribution is 2.26. The standard InChI is InChI=1S/C21H28N2O6/c1-21(2,3)29-20(26)23-13-16(11-17(23)18(24)27-4)28-19(25)22-10-9-14-7-5-6-8-15(14)12-22/h5-8,16-17H,9-13H2,1-4H3/t16-,17+/m1/s1. The van der Waals surface area contributed by atoms with E-state index in [2.05, 4.69) is 6.07 Å². The molecular weight excluding hydrogens is 376 g/mol. The monoisotopic (exact) mass is 404 g/mol. The molecule has 1 aromatic rings. The number of hydrogen-bond acceptors (Lipinski definition) is 6. The number of carbonyl (C=O) groups is 3. The van der Waals surface area contributed by atoms with E-state index in [4.69, 9.17) is 14.2 Å². The van der Waals surface area contributed by atoms with Crippen LogP contribution in [0.3, 0.4) is 0 Å². The summed E-state index contributed by atoms with van der Waals surface area (Å²) in [5.74, 6) is -0.554. The number of hydrogen-bond donors (Lipinski definition) is 0. The van der Waals surface area contributed by atoms with Gasteiger partial charge in [-0.25, -0.2) is 14.4 Å². The molecule has 0 spiro atoms. The Labute approximate surface area is 170 Å². The molecule has 2 atom stereocenters. The van der Waals surface area contributed by atoms with Crippen LogP contribution in [-0.2, 0) is 32.0 Å². The van der Waals surface area contributed by atoms with Crippen LogP contribution in [-0.4, -0.2) is 65.9 Å². The number of fused-ring (bicyclic) bond motifs is 1. The third kappa shape index (κ3) is 4.99. The molecule has 8 heteroatoms. The Morgan fingerprint density at radius 3 is 2.41 bits per heavy atom. The highest BCUT2D eigenvalue weighted by atomic mass is 16.6. The summed E-state index contributed by atoms with van der Waals surface area (Å²) in [5, 5.41) is 0. The predicted octanol–water partition coefficient (Wildman–Crippen LogP) is 2.73. The van der Waals surface area contributed by atoms with Crippen LogP contribution < -0.4 is 0 Å². The lowest BCUT2D eigenvalue weighted by Gasteiger charge is -2.29. The molecule has 0 unspecified atom stereocenters. The summed E-state index contributed by atoms with van der Waals surface area (Å²) in [5.41, 5.74) is 1.64. The van der Waals surface area contributed by atoms with Crippen LogP contribution in [0.5, 0.6) is 0 Å². The minimum Gasteiger partial charge on any atom is -0.467 e. The summed E-state index contributed by atoms with van der Waals surface area (Å²) >= 11 is 0. The maximum absolute atomic E-state index is 12.7. The first-order chi connectivity index (χ1) is 13.7. The molecule has 2 aliphatic heterocycles. The Hall–Kier alpha value is -2.77. The molecule has 29 heavy (non-hydrogen) atoms. The molecular formula is C21H28N2O6. The Morgan fingerprint density at radius 2 is 1.76 bits per heavy atom. The summed E-state index contributed by atoms with van der Waals surface area (Å²) in [4.78, 5) is 40.2. The van der Waals surface area contributed by atoms with Crippen molar-refractivity contribution in [2.75, 3.05) is 20.2 Å². The van der Waals surface area contributed by atoms with Gasteiger partial charge in [0.05, 0.1) is 13.7 Å². The molecule has 3 rings (SSSR count). The number of esters is 1. The van der Waals surface area contributed by atoms with Crippen LogP contribution >= 0.6 is 0 Å². The minimum absolute atomic E-state index is 0.0881. The van der Waals surface area contributed by atoms with Gasteiger partial charge in [-0.15, -0.1) is 0 Å². The topological polar surface area (TPSA) is 85.4 Å². The number of ether oxygens (including phenoxy) is 3. The molecule has 2 amide bonds. The number of benzene rings is 1. The summed E-state index contributed by atoms with van der Waals surface area (Å²) in [6, 6.07) is 7.17. The van der Waals surface area contributed by atoms with Gasteiger partial charge in [-0.05, 0) is 38.3 Å². The first-order valence-electron chi connectivity index (χ1n) is 9.77. The van der Waals surface area contributed by atoms with Gasteiger partial charge >= 0.3 is 18.2 Å². The largest absolute Gasteiger partial charge is 0.467 e. The van der Waals surface area contributed by atoms with E-state index >= 15 is 0 Å². The highest BCUT2D eigenvalue weighted by Gasteiger charge is 2.44. The van der Waals surface area contributed by atoms with Crippen molar-refractivity contribution in [3.05, 3.63) is 35.4 Å². The van der Waals surface area contributed by atoms with Crippen molar-refractivity contribution in [3.63, 3.8) is 0 Å². The maximum atomic E-state index is 12.7. The van der Waals surface area contributed by atoms with E-state index in [0.29, 0.717) is 13.1 Å². The quantitative estimate of drug-likeness (QED) is 0.557. The Kier molecular flexibility index (Phi) is 6.00. The molecule has 2 aliphatic rings. The lowest BCUT2D eigenvalue weighted by atomic mass is 10.0. The fourth-order valence-electron chi connectivity index (χ4n) is 3.63. The average Bonchev–Trinajstić information content (AvgIpc) is 3.09. The summed E-state index contributed by atoms with van der Waals surface area (Å²) in [6.45, 7) is 6.39. The van der Waals surface area contributed by atoms with Crippen LogP contribution in [0.4, 0.5) is 9.59 Å². The van der Waals surface area contributed by atoms with Crippen LogP contribution in [0, 0.1) is 0 Å². The number of likely N-dealkylation sites (tertiary alicyclic amines) is 1. The van der Waals surface area contributed by atoms with Crippen molar-refractivity contribution in [1.82, 2.24) is 9.80 Å². The van der Waals surface area contributed by atoms with E-state index in [-0.39, 0.29) is 13.0 Å². The molecule has 2 heterocycles. The molecule has 0 N–H and O–H groups in total. The maximum Gasteiger partial charge on any atom is 0.411 e. The van der Waals surface area contributed by atoms with Gasteiger partial charge in [0, 0.05) is 19.5 Å². The van der Waals surface area contributed by atoms with Gasteiger partial charge in [-0.3, -0.25) is 4.90 Å². The second-order valence-electron chi connectivity index (χ2n) is 8.35. The summed E-state index contributed by atoms with van der Waals surface area (Å²) in [7, 11) is 1.26. The van der Waals surface area contributed by atoms with Gasteiger partial charge < -0.3 is 19.1 Å². The van der Waals surface area contributed by atoms with E-state index in [1.165, 1.54) is 17.6 Å². The Balaban J connectivity index is 1.64. The van der Waals surface area contributed by atoms with E-state index in [9.17, 15) is 14.4 Å². The van der Waals surface area contributed by atoms with Gasteiger partial charge in [0.1, 0.15) is 17.7 Å². The number of carbonyl (C=O) groups excluding carboxylic acids is 3. The first kappa shape index (κ1) is 21.0. The smallest absolute Gasteiger partial charge is 0.411 e. The molecule has 1 fully saturated rings. The minimum atomic E-state index is -0.838. The zero-order valence-electron chi connectivity index (χ0n) is 17.3. The van der Waals surface area contributed by atoms with Gasteiger partial charge in [0.25, 0.3) is 0 Å². The van der Waals surface area contributed by atoms with Crippen molar-refractivity contribution < 1.29 is 28.6 Å². The van der Waals surface area contributed by atoms with E-state index in [0.717, 1.165) is 12.0 Å². The highest BCUT2D eigenvalue weighted by molar-refractivity contribution is 5.82. The zero-order valence-corrected chi connectivity index (χ0v) is 17.3. The van der Waals surface area contributed by atoms with E-state index in [1.807, 2.05) is 18.2 Å². The lowest BCUT2D eigenvalue weighted by Crippen LogP contribution is -2.44. The molecule has 1 saturated heterocycles. The van der Waals surface area contributed by atoms with Crippen LogP contribution in [0.25, 0.3) is 0 Å². The van der Waals surface area contributed by atoms with Crippen molar-refractivity contribution in [2.24, 2.45) is 0 Å². The molecule has 0 radical (unpaired) electrons. The summed E-state index contributed by atoms with van der Waals surface area (Å²) < 4.78 is 15.8. The van der Waals surface area contributed by atoms with Crippen LogP contribution in [0.1, 0.15) is 38.3 Å². The van der Waals surface area contributed by atoms with E-state index in [1.54, 1.807) is 25.7 Å². The van der Waals surface area contributed by atoms with Gasteiger partial charge in [0.2, 0.25) is 0 Å².